The normalized spacial score (nSPS) is 17.4. The van der Waals surface area contributed by atoms with E-state index in [4.69, 9.17) is 9.47 Å². The molecule has 2 aromatic rings. The minimum atomic E-state index is -0.372. The first kappa shape index (κ1) is 19.9. The van der Waals surface area contributed by atoms with Crippen LogP contribution in [0.3, 0.4) is 0 Å². The number of hydrogen-bond acceptors (Lipinski definition) is 6. The molecule has 7 heteroatoms. The second-order valence-corrected chi connectivity index (χ2v) is 8.04. The number of aromatic nitrogens is 2. The number of benzene rings is 1. The van der Waals surface area contributed by atoms with E-state index < -0.39 is 0 Å². The molecular weight excluding hydrogens is 356 g/mol. The molecule has 28 heavy (non-hydrogen) atoms. The summed E-state index contributed by atoms with van der Waals surface area (Å²) in [6.07, 6.45) is 1.50. The summed E-state index contributed by atoms with van der Waals surface area (Å²) in [7, 11) is 1.62. The Bertz CT molecular complexity index is 834. The zero-order valence-corrected chi connectivity index (χ0v) is 17.2. The molecule has 1 amide bonds. The number of carbonyl (C=O) groups is 1. The highest BCUT2D eigenvalue weighted by Crippen LogP contribution is 2.27. The molecule has 0 bridgehead atoms. The second kappa shape index (κ2) is 8.04. The SMILES string of the molecule is COc1cccc(Oc2cc(N3CCN(C(=O)C(C)(C)C)C(C)C3)ncn2)c1. The summed E-state index contributed by atoms with van der Waals surface area (Å²) in [6.45, 7) is 10.1. The second-order valence-electron chi connectivity index (χ2n) is 8.04. The molecule has 7 nitrogen and oxygen atoms in total. The smallest absolute Gasteiger partial charge is 0.228 e. The Hall–Kier alpha value is -2.83. The van der Waals surface area contributed by atoms with E-state index in [0.29, 0.717) is 18.2 Å². The maximum Gasteiger partial charge on any atom is 0.228 e. The lowest BCUT2D eigenvalue weighted by molar-refractivity contribution is -0.142. The predicted octanol–water partition coefficient (Wildman–Crippen LogP) is 3.36. The summed E-state index contributed by atoms with van der Waals surface area (Å²) >= 11 is 0. The fourth-order valence-electron chi connectivity index (χ4n) is 3.24. The first-order chi connectivity index (χ1) is 13.3. The zero-order valence-electron chi connectivity index (χ0n) is 17.2. The number of nitrogens with zero attached hydrogens (tertiary/aromatic N) is 4. The molecule has 3 rings (SSSR count). The van der Waals surface area contributed by atoms with Gasteiger partial charge in [0.05, 0.1) is 7.11 Å². The van der Waals surface area contributed by atoms with E-state index in [2.05, 4.69) is 21.8 Å². The van der Waals surface area contributed by atoms with Crippen LogP contribution in [0, 0.1) is 5.41 Å². The Labute approximate surface area is 166 Å². The van der Waals surface area contributed by atoms with Gasteiger partial charge in [0.15, 0.2) is 0 Å². The number of anilines is 1. The van der Waals surface area contributed by atoms with Crippen molar-refractivity contribution in [3.63, 3.8) is 0 Å². The Morgan fingerprint density at radius 2 is 1.89 bits per heavy atom. The molecule has 0 saturated carbocycles. The monoisotopic (exact) mass is 384 g/mol. The summed E-state index contributed by atoms with van der Waals surface area (Å²) < 4.78 is 11.1. The molecule has 1 aromatic carbocycles. The van der Waals surface area contributed by atoms with Gasteiger partial charge in [0.25, 0.3) is 0 Å². The Balaban J connectivity index is 1.70. The van der Waals surface area contributed by atoms with Gasteiger partial charge in [0, 0.05) is 43.2 Å². The highest BCUT2D eigenvalue weighted by atomic mass is 16.5. The van der Waals surface area contributed by atoms with E-state index in [1.54, 1.807) is 13.2 Å². The number of rotatable bonds is 4. The van der Waals surface area contributed by atoms with E-state index in [0.717, 1.165) is 24.7 Å². The van der Waals surface area contributed by atoms with Crippen LogP contribution in [0.25, 0.3) is 0 Å². The maximum absolute atomic E-state index is 12.6. The summed E-state index contributed by atoms with van der Waals surface area (Å²) in [5.74, 6) is 2.82. The van der Waals surface area contributed by atoms with Crippen LogP contribution < -0.4 is 14.4 Å². The fourth-order valence-corrected chi connectivity index (χ4v) is 3.24. The average molecular weight is 384 g/mol. The van der Waals surface area contributed by atoms with E-state index in [9.17, 15) is 4.79 Å². The van der Waals surface area contributed by atoms with E-state index >= 15 is 0 Å². The molecule has 1 aromatic heterocycles. The average Bonchev–Trinajstić information content (AvgIpc) is 2.67. The van der Waals surface area contributed by atoms with Gasteiger partial charge in [0.1, 0.15) is 23.6 Å². The van der Waals surface area contributed by atoms with Gasteiger partial charge in [-0.25, -0.2) is 9.97 Å². The molecule has 0 aliphatic carbocycles. The number of hydrogen-bond donors (Lipinski definition) is 0. The van der Waals surface area contributed by atoms with Gasteiger partial charge in [0.2, 0.25) is 11.8 Å². The first-order valence-corrected chi connectivity index (χ1v) is 9.48. The third-order valence-electron chi connectivity index (χ3n) is 4.75. The van der Waals surface area contributed by atoms with Crippen LogP contribution in [0.4, 0.5) is 5.82 Å². The van der Waals surface area contributed by atoms with Crippen LogP contribution in [-0.4, -0.2) is 53.6 Å². The molecule has 1 aliphatic rings. The van der Waals surface area contributed by atoms with Crippen molar-refractivity contribution in [1.29, 1.82) is 0 Å². The molecular formula is C21H28N4O3. The fraction of sp³-hybridized carbons (Fsp3) is 0.476. The molecule has 2 heterocycles. The van der Waals surface area contributed by atoms with Gasteiger partial charge in [-0.15, -0.1) is 0 Å². The lowest BCUT2D eigenvalue weighted by Crippen LogP contribution is -2.56. The number of amides is 1. The van der Waals surface area contributed by atoms with Gasteiger partial charge in [-0.05, 0) is 19.1 Å². The first-order valence-electron chi connectivity index (χ1n) is 9.48. The standard InChI is InChI=1S/C21H28N4O3/c1-15-13-24(9-10-25(15)20(26)21(2,3)4)18-12-19(23-14-22-18)28-17-8-6-7-16(11-17)27-5/h6-8,11-12,14-15H,9-10,13H2,1-5H3. The Morgan fingerprint density at radius 1 is 1.14 bits per heavy atom. The van der Waals surface area contributed by atoms with Crippen molar-refractivity contribution < 1.29 is 14.3 Å². The molecule has 1 unspecified atom stereocenters. The molecule has 1 atom stereocenters. The number of ether oxygens (including phenoxy) is 2. The van der Waals surface area contributed by atoms with Crippen LogP contribution in [-0.2, 0) is 4.79 Å². The molecule has 1 aliphatic heterocycles. The van der Waals surface area contributed by atoms with Gasteiger partial charge in [-0.3, -0.25) is 4.79 Å². The minimum absolute atomic E-state index is 0.109. The van der Waals surface area contributed by atoms with Gasteiger partial charge in [-0.1, -0.05) is 26.8 Å². The Kier molecular flexibility index (Phi) is 5.72. The van der Waals surface area contributed by atoms with Gasteiger partial charge < -0.3 is 19.3 Å². The minimum Gasteiger partial charge on any atom is -0.497 e. The van der Waals surface area contributed by atoms with E-state index in [-0.39, 0.29) is 17.4 Å². The van der Waals surface area contributed by atoms with E-state index in [1.807, 2.05) is 49.9 Å². The zero-order chi connectivity index (χ0) is 20.3. The lowest BCUT2D eigenvalue weighted by atomic mass is 9.93. The van der Waals surface area contributed by atoms with Crippen LogP contribution in [0.1, 0.15) is 27.7 Å². The highest BCUT2D eigenvalue weighted by molar-refractivity contribution is 5.82. The topological polar surface area (TPSA) is 67.8 Å². The molecule has 1 saturated heterocycles. The molecule has 0 spiro atoms. The third kappa shape index (κ3) is 4.52. The molecule has 0 N–H and O–H groups in total. The van der Waals surface area contributed by atoms with Crippen molar-refractivity contribution in [2.24, 2.45) is 5.41 Å². The van der Waals surface area contributed by atoms with E-state index in [1.165, 1.54) is 6.33 Å². The third-order valence-corrected chi connectivity index (χ3v) is 4.75. The van der Waals surface area contributed by atoms with Crippen molar-refractivity contribution in [1.82, 2.24) is 14.9 Å². The van der Waals surface area contributed by atoms with Crippen molar-refractivity contribution >= 4 is 11.7 Å². The summed E-state index contributed by atoms with van der Waals surface area (Å²) in [5.41, 5.74) is -0.372. The number of carbonyl (C=O) groups excluding carboxylic acids is 1. The predicted molar refractivity (Wildman–Crippen MR) is 108 cm³/mol. The van der Waals surface area contributed by atoms with Gasteiger partial charge >= 0.3 is 0 Å². The van der Waals surface area contributed by atoms with Crippen molar-refractivity contribution in [3.05, 3.63) is 36.7 Å². The number of piperazine rings is 1. The number of methoxy groups -OCH3 is 1. The van der Waals surface area contributed by atoms with Crippen LogP contribution >= 0.6 is 0 Å². The summed E-state index contributed by atoms with van der Waals surface area (Å²) in [5, 5.41) is 0. The summed E-state index contributed by atoms with van der Waals surface area (Å²) in [6, 6.07) is 9.32. The molecule has 0 radical (unpaired) electrons. The highest BCUT2D eigenvalue weighted by Gasteiger charge is 2.34. The maximum atomic E-state index is 12.6. The van der Waals surface area contributed by atoms with Crippen molar-refractivity contribution in [2.75, 3.05) is 31.6 Å². The lowest BCUT2D eigenvalue weighted by Gasteiger charge is -2.42. The molecule has 150 valence electrons. The Morgan fingerprint density at radius 3 is 2.57 bits per heavy atom. The largest absolute Gasteiger partial charge is 0.497 e. The van der Waals surface area contributed by atoms with Gasteiger partial charge in [-0.2, -0.15) is 0 Å². The van der Waals surface area contributed by atoms with Crippen molar-refractivity contribution in [2.45, 2.75) is 33.7 Å². The van der Waals surface area contributed by atoms with Crippen LogP contribution in [0.5, 0.6) is 17.4 Å². The summed E-state index contributed by atoms with van der Waals surface area (Å²) in [4.78, 5) is 25.4. The van der Waals surface area contributed by atoms with Crippen LogP contribution in [0.2, 0.25) is 0 Å². The van der Waals surface area contributed by atoms with Crippen molar-refractivity contribution in [3.8, 4) is 17.4 Å². The molecule has 1 fully saturated rings. The quantitative estimate of drug-likeness (QED) is 0.805. The van der Waals surface area contributed by atoms with Crippen LogP contribution in [0.15, 0.2) is 36.7 Å².